The molecule has 1 fully saturated rings. The van der Waals surface area contributed by atoms with E-state index >= 15 is 0 Å². The summed E-state index contributed by atoms with van der Waals surface area (Å²) in [6.45, 7) is 2.38. The first-order chi connectivity index (χ1) is 7.68. The smallest absolute Gasteiger partial charge is 0.227 e. The van der Waals surface area contributed by atoms with Crippen molar-refractivity contribution in [3.63, 3.8) is 0 Å². The van der Waals surface area contributed by atoms with Gasteiger partial charge in [0.05, 0.1) is 18.1 Å². The number of nitrogens with two attached hydrogens (primary N) is 1. The lowest BCUT2D eigenvalue weighted by atomic mass is 9.73. The molecule has 0 heterocycles. The van der Waals surface area contributed by atoms with E-state index in [0.717, 1.165) is 32.1 Å². The maximum Gasteiger partial charge on any atom is 0.227 e. The highest BCUT2D eigenvalue weighted by Gasteiger charge is 2.38. The number of carbonyl (C=O) groups is 1. The second-order valence-electron chi connectivity index (χ2n) is 4.81. The van der Waals surface area contributed by atoms with Gasteiger partial charge in [-0.2, -0.15) is 0 Å². The van der Waals surface area contributed by atoms with Gasteiger partial charge in [0.25, 0.3) is 0 Å². The topological polar surface area (TPSA) is 75.3 Å². The van der Waals surface area contributed by atoms with Crippen LogP contribution in [0.3, 0.4) is 0 Å². The first kappa shape index (κ1) is 13.5. The van der Waals surface area contributed by atoms with Crippen LogP contribution in [-0.2, 0) is 4.79 Å². The molecule has 1 atom stereocenters. The average Bonchev–Trinajstić information content (AvgIpc) is 2.36. The van der Waals surface area contributed by atoms with Gasteiger partial charge in [0.2, 0.25) is 5.91 Å². The maximum absolute atomic E-state index is 12.2. The molecule has 4 heteroatoms. The Bertz CT molecular complexity index is 221. The molecule has 1 rings (SSSR count). The quantitative estimate of drug-likeness (QED) is 0.651. The Balaban J connectivity index is 2.61. The summed E-state index contributed by atoms with van der Waals surface area (Å²) in [5.41, 5.74) is 5.40. The fourth-order valence-corrected chi connectivity index (χ4v) is 2.37. The zero-order chi connectivity index (χ0) is 12.0. The van der Waals surface area contributed by atoms with E-state index in [4.69, 9.17) is 10.8 Å². The average molecular weight is 228 g/mol. The number of amides is 1. The Morgan fingerprint density at radius 2 is 2.06 bits per heavy atom. The van der Waals surface area contributed by atoms with Gasteiger partial charge in [0, 0.05) is 6.54 Å². The van der Waals surface area contributed by atoms with Crippen LogP contribution in [0.25, 0.3) is 0 Å². The standard InChI is InChI=1S/C12H24N2O2/c1-2-10(8-15)14-11(16)12(9-13)6-4-3-5-7-12/h10,15H,2-9,13H2,1H3,(H,14,16)/t10-/m0/s1. The molecule has 1 aliphatic carbocycles. The summed E-state index contributed by atoms with van der Waals surface area (Å²) in [5, 5.41) is 12.0. The van der Waals surface area contributed by atoms with Crippen molar-refractivity contribution >= 4 is 5.91 Å². The molecule has 0 aromatic carbocycles. The number of rotatable bonds is 5. The third-order valence-corrected chi connectivity index (χ3v) is 3.73. The van der Waals surface area contributed by atoms with Crippen LogP contribution in [-0.4, -0.2) is 30.2 Å². The Morgan fingerprint density at radius 3 is 2.50 bits per heavy atom. The second-order valence-corrected chi connectivity index (χ2v) is 4.81. The fraction of sp³-hybridized carbons (Fsp3) is 0.917. The van der Waals surface area contributed by atoms with Crippen molar-refractivity contribution in [3.8, 4) is 0 Å². The van der Waals surface area contributed by atoms with E-state index in [1.54, 1.807) is 0 Å². The van der Waals surface area contributed by atoms with Gasteiger partial charge in [0.15, 0.2) is 0 Å². The Morgan fingerprint density at radius 1 is 1.44 bits per heavy atom. The van der Waals surface area contributed by atoms with Crippen LogP contribution in [0.5, 0.6) is 0 Å². The molecule has 1 saturated carbocycles. The molecule has 16 heavy (non-hydrogen) atoms. The summed E-state index contributed by atoms with van der Waals surface area (Å²) >= 11 is 0. The fourth-order valence-electron chi connectivity index (χ4n) is 2.37. The number of aliphatic hydroxyl groups is 1. The van der Waals surface area contributed by atoms with Gasteiger partial charge in [-0.3, -0.25) is 4.79 Å². The van der Waals surface area contributed by atoms with Crippen molar-refractivity contribution < 1.29 is 9.90 Å². The SMILES string of the molecule is CC[C@@H](CO)NC(=O)C1(CN)CCCCC1. The van der Waals surface area contributed by atoms with Crippen LogP contribution in [0.1, 0.15) is 45.4 Å². The molecular formula is C12H24N2O2. The zero-order valence-corrected chi connectivity index (χ0v) is 10.2. The van der Waals surface area contributed by atoms with E-state index in [9.17, 15) is 4.79 Å². The minimum Gasteiger partial charge on any atom is -0.394 e. The van der Waals surface area contributed by atoms with Crippen molar-refractivity contribution in [2.75, 3.05) is 13.2 Å². The van der Waals surface area contributed by atoms with Gasteiger partial charge < -0.3 is 16.2 Å². The van der Waals surface area contributed by atoms with Crippen LogP contribution < -0.4 is 11.1 Å². The minimum absolute atomic E-state index is 0.00287. The minimum atomic E-state index is -0.374. The highest BCUT2D eigenvalue weighted by molar-refractivity contribution is 5.83. The lowest BCUT2D eigenvalue weighted by Crippen LogP contribution is -2.50. The number of carbonyl (C=O) groups excluding carboxylic acids is 1. The molecule has 0 bridgehead atoms. The van der Waals surface area contributed by atoms with Crippen LogP contribution >= 0.6 is 0 Å². The number of hydrogen-bond acceptors (Lipinski definition) is 3. The van der Waals surface area contributed by atoms with Crippen LogP contribution in [0.15, 0.2) is 0 Å². The Hall–Kier alpha value is -0.610. The molecule has 0 aromatic heterocycles. The van der Waals surface area contributed by atoms with Gasteiger partial charge in [-0.15, -0.1) is 0 Å². The third-order valence-electron chi connectivity index (χ3n) is 3.73. The van der Waals surface area contributed by atoms with Gasteiger partial charge in [-0.1, -0.05) is 26.2 Å². The van der Waals surface area contributed by atoms with Crippen molar-refractivity contribution in [3.05, 3.63) is 0 Å². The monoisotopic (exact) mass is 228 g/mol. The molecule has 0 unspecified atom stereocenters. The highest BCUT2D eigenvalue weighted by atomic mass is 16.3. The van der Waals surface area contributed by atoms with Gasteiger partial charge >= 0.3 is 0 Å². The van der Waals surface area contributed by atoms with Crippen molar-refractivity contribution in [1.29, 1.82) is 0 Å². The van der Waals surface area contributed by atoms with Crippen molar-refractivity contribution in [1.82, 2.24) is 5.32 Å². The molecule has 0 aliphatic heterocycles. The van der Waals surface area contributed by atoms with Crippen LogP contribution in [0.2, 0.25) is 0 Å². The van der Waals surface area contributed by atoms with Crippen LogP contribution in [0.4, 0.5) is 0 Å². The number of nitrogens with one attached hydrogen (secondary N) is 1. The Kier molecular flexibility index (Phi) is 5.22. The van der Waals surface area contributed by atoms with Gasteiger partial charge in [0.1, 0.15) is 0 Å². The third kappa shape index (κ3) is 2.95. The summed E-state index contributed by atoms with van der Waals surface area (Å²) in [4.78, 5) is 12.2. The molecular weight excluding hydrogens is 204 g/mol. The Labute approximate surface area is 97.6 Å². The molecule has 94 valence electrons. The van der Waals surface area contributed by atoms with E-state index in [0.29, 0.717) is 6.54 Å². The lowest BCUT2D eigenvalue weighted by molar-refractivity contribution is -0.133. The van der Waals surface area contributed by atoms with Crippen LogP contribution in [0, 0.1) is 5.41 Å². The first-order valence-electron chi connectivity index (χ1n) is 6.30. The zero-order valence-electron chi connectivity index (χ0n) is 10.2. The first-order valence-corrected chi connectivity index (χ1v) is 6.30. The predicted octanol–water partition coefficient (Wildman–Crippen LogP) is 0.783. The van der Waals surface area contributed by atoms with Gasteiger partial charge in [-0.05, 0) is 19.3 Å². The maximum atomic E-state index is 12.2. The number of aliphatic hydroxyl groups excluding tert-OH is 1. The van der Waals surface area contributed by atoms with E-state index in [1.807, 2.05) is 6.92 Å². The highest BCUT2D eigenvalue weighted by Crippen LogP contribution is 2.35. The van der Waals surface area contributed by atoms with E-state index < -0.39 is 0 Å². The van der Waals surface area contributed by atoms with Crippen molar-refractivity contribution in [2.24, 2.45) is 11.1 Å². The molecule has 4 N–H and O–H groups in total. The van der Waals surface area contributed by atoms with E-state index in [1.165, 1.54) is 6.42 Å². The second kappa shape index (κ2) is 6.21. The molecule has 0 aromatic rings. The van der Waals surface area contributed by atoms with Crippen molar-refractivity contribution in [2.45, 2.75) is 51.5 Å². The van der Waals surface area contributed by atoms with E-state index in [-0.39, 0.29) is 24.0 Å². The van der Waals surface area contributed by atoms with Gasteiger partial charge in [-0.25, -0.2) is 0 Å². The number of hydrogen-bond donors (Lipinski definition) is 3. The largest absolute Gasteiger partial charge is 0.394 e. The molecule has 1 aliphatic rings. The molecule has 4 nitrogen and oxygen atoms in total. The summed E-state index contributed by atoms with van der Waals surface area (Å²) in [6.07, 6.45) is 5.89. The lowest BCUT2D eigenvalue weighted by Gasteiger charge is -2.35. The summed E-state index contributed by atoms with van der Waals surface area (Å²) in [7, 11) is 0. The van der Waals surface area contributed by atoms with E-state index in [2.05, 4.69) is 5.32 Å². The summed E-state index contributed by atoms with van der Waals surface area (Å²) in [5.74, 6) is 0.0376. The molecule has 0 saturated heterocycles. The molecule has 0 spiro atoms. The normalized spacial score (nSPS) is 21.4. The molecule has 0 radical (unpaired) electrons. The summed E-state index contributed by atoms with van der Waals surface area (Å²) in [6, 6.07) is -0.127. The molecule has 1 amide bonds. The predicted molar refractivity (Wildman–Crippen MR) is 63.9 cm³/mol. The summed E-state index contributed by atoms with van der Waals surface area (Å²) < 4.78 is 0.